The lowest BCUT2D eigenvalue weighted by Crippen LogP contribution is -2.30. The van der Waals surface area contributed by atoms with E-state index >= 15 is 0 Å². The Hall–Kier alpha value is -2.87. The van der Waals surface area contributed by atoms with E-state index in [9.17, 15) is 23.1 Å². The van der Waals surface area contributed by atoms with Crippen LogP contribution in [-0.4, -0.2) is 28.6 Å². The molecule has 0 saturated heterocycles. The van der Waals surface area contributed by atoms with Gasteiger partial charge in [-0.1, -0.05) is 0 Å². The molecule has 0 radical (unpaired) electrons. The van der Waals surface area contributed by atoms with Gasteiger partial charge in [-0.2, -0.15) is 13.2 Å². The van der Waals surface area contributed by atoms with E-state index in [1.54, 1.807) is 19.1 Å². The zero-order valence-electron chi connectivity index (χ0n) is 13.7. The van der Waals surface area contributed by atoms with Crippen molar-refractivity contribution in [3.63, 3.8) is 0 Å². The Morgan fingerprint density at radius 1 is 1.23 bits per heavy atom. The lowest BCUT2D eigenvalue weighted by molar-refractivity contribution is -0.137. The van der Waals surface area contributed by atoms with Crippen LogP contribution in [-0.2, 0) is 6.18 Å². The number of aliphatic hydroxyl groups is 1. The van der Waals surface area contributed by atoms with Crippen LogP contribution in [0.1, 0.15) is 22.8 Å². The number of hydrogen-bond donors (Lipinski definition) is 2. The molecule has 1 heterocycles. The molecule has 0 unspecified atom stereocenters. The number of benzene rings is 2. The molecule has 5 nitrogen and oxygen atoms in total. The number of aromatic nitrogens is 1. The van der Waals surface area contributed by atoms with E-state index in [4.69, 9.17) is 4.42 Å². The second kappa shape index (κ2) is 6.80. The summed E-state index contributed by atoms with van der Waals surface area (Å²) in [5, 5.41) is 11.8. The average Bonchev–Trinajstić information content (AvgIpc) is 3.02. The van der Waals surface area contributed by atoms with E-state index in [2.05, 4.69) is 10.3 Å². The van der Waals surface area contributed by atoms with Gasteiger partial charge in [0, 0.05) is 17.7 Å². The van der Waals surface area contributed by atoms with Crippen LogP contribution in [0.15, 0.2) is 46.9 Å². The molecule has 0 fully saturated rings. The standard InChI is InChI=1S/C18H15F3N2O3/c1-10(24)9-22-16(25)12-4-7-15-14(8-12)23-17(26-15)11-2-5-13(6-3-11)18(19,20)21/h2-8,10,24H,9H2,1H3,(H,22,25)/t10-/m0/s1. The van der Waals surface area contributed by atoms with Crippen molar-refractivity contribution in [2.75, 3.05) is 6.54 Å². The second-order valence-electron chi connectivity index (χ2n) is 5.84. The fraction of sp³-hybridized carbons (Fsp3) is 0.222. The van der Waals surface area contributed by atoms with Crippen LogP contribution >= 0.6 is 0 Å². The third kappa shape index (κ3) is 3.85. The molecule has 0 aliphatic rings. The Morgan fingerprint density at radius 2 is 1.92 bits per heavy atom. The predicted octanol–water partition coefficient (Wildman–Crippen LogP) is 3.62. The van der Waals surface area contributed by atoms with Crippen molar-refractivity contribution in [2.45, 2.75) is 19.2 Å². The van der Waals surface area contributed by atoms with E-state index in [1.807, 2.05) is 0 Å². The topological polar surface area (TPSA) is 75.4 Å². The van der Waals surface area contributed by atoms with E-state index < -0.39 is 17.8 Å². The molecule has 0 aliphatic carbocycles. The first-order valence-corrected chi connectivity index (χ1v) is 7.78. The van der Waals surface area contributed by atoms with Gasteiger partial charge >= 0.3 is 6.18 Å². The van der Waals surface area contributed by atoms with Crippen LogP contribution in [0.2, 0.25) is 0 Å². The van der Waals surface area contributed by atoms with Crippen LogP contribution in [0.25, 0.3) is 22.6 Å². The smallest absolute Gasteiger partial charge is 0.416 e. The number of aliphatic hydroxyl groups excluding tert-OH is 1. The minimum Gasteiger partial charge on any atom is -0.436 e. The number of amides is 1. The number of halogens is 3. The number of carbonyl (C=O) groups is 1. The zero-order chi connectivity index (χ0) is 18.9. The minimum atomic E-state index is -4.41. The molecule has 2 N–H and O–H groups in total. The third-order valence-corrected chi connectivity index (χ3v) is 3.67. The van der Waals surface area contributed by atoms with Crippen molar-refractivity contribution < 1.29 is 27.5 Å². The summed E-state index contributed by atoms with van der Waals surface area (Å²) < 4.78 is 43.4. The summed E-state index contributed by atoms with van der Waals surface area (Å²) in [4.78, 5) is 16.2. The lowest BCUT2D eigenvalue weighted by atomic mass is 10.1. The summed E-state index contributed by atoms with van der Waals surface area (Å²) in [6, 6.07) is 9.10. The van der Waals surface area contributed by atoms with Gasteiger partial charge in [0.1, 0.15) is 5.52 Å². The van der Waals surface area contributed by atoms with E-state index in [0.717, 1.165) is 12.1 Å². The number of hydrogen-bond acceptors (Lipinski definition) is 4. The fourth-order valence-corrected chi connectivity index (χ4v) is 2.34. The minimum absolute atomic E-state index is 0.118. The summed E-state index contributed by atoms with van der Waals surface area (Å²) >= 11 is 0. The number of rotatable bonds is 4. The molecular formula is C18H15F3N2O3. The molecule has 1 aromatic heterocycles. The highest BCUT2D eigenvalue weighted by atomic mass is 19.4. The van der Waals surface area contributed by atoms with Gasteiger partial charge in [-0.25, -0.2) is 4.98 Å². The Bertz CT molecular complexity index is 931. The Balaban J connectivity index is 1.86. The van der Waals surface area contributed by atoms with Crippen molar-refractivity contribution in [3.8, 4) is 11.5 Å². The van der Waals surface area contributed by atoms with Crippen molar-refractivity contribution in [1.29, 1.82) is 0 Å². The van der Waals surface area contributed by atoms with Crippen molar-refractivity contribution in [2.24, 2.45) is 0 Å². The predicted molar refractivity (Wildman–Crippen MR) is 88.5 cm³/mol. The molecule has 0 bridgehead atoms. The monoisotopic (exact) mass is 364 g/mol. The molecule has 1 amide bonds. The van der Waals surface area contributed by atoms with Crippen LogP contribution in [0, 0.1) is 0 Å². The summed E-state index contributed by atoms with van der Waals surface area (Å²) in [6.45, 7) is 1.67. The largest absolute Gasteiger partial charge is 0.436 e. The van der Waals surface area contributed by atoms with Gasteiger partial charge in [0.2, 0.25) is 5.89 Å². The Kier molecular flexibility index (Phi) is 4.69. The summed E-state index contributed by atoms with van der Waals surface area (Å²) in [5.41, 5.74) is 0.797. The average molecular weight is 364 g/mol. The van der Waals surface area contributed by atoms with Crippen LogP contribution < -0.4 is 5.32 Å². The van der Waals surface area contributed by atoms with Crippen LogP contribution in [0.3, 0.4) is 0 Å². The molecule has 136 valence electrons. The SMILES string of the molecule is C[C@H](O)CNC(=O)c1ccc2oc(-c3ccc(C(F)(F)F)cc3)nc2c1. The second-order valence-corrected chi connectivity index (χ2v) is 5.84. The fourth-order valence-electron chi connectivity index (χ4n) is 2.34. The van der Waals surface area contributed by atoms with Gasteiger partial charge in [-0.05, 0) is 49.4 Å². The molecule has 2 aromatic carbocycles. The normalized spacial score (nSPS) is 13.0. The summed E-state index contributed by atoms with van der Waals surface area (Å²) in [6.07, 6.45) is -5.07. The number of alkyl halides is 3. The first-order chi connectivity index (χ1) is 12.2. The van der Waals surface area contributed by atoms with Gasteiger partial charge in [-0.15, -0.1) is 0 Å². The maximum atomic E-state index is 12.6. The molecule has 8 heteroatoms. The van der Waals surface area contributed by atoms with Crippen molar-refractivity contribution >= 4 is 17.0 Å². The molecule has 0 spiro atoms. The van der Waals surface area contributed by atoms with Crippen LogP contribution in [0.4, 0.5) is 13.2 Å². The highest BCUT2D eigenvalue weighted by Gasteiger charge is 2.30. The molecule has 0 aliphatic heterocycles. The Morgan fingerprint density at radius 3 is 2.54 bits per heavy atom. The number of carbonyl (C=O) groups excluding carboxylic acids is 1. The van der Waals surface area contributed by atoms with Gasteiger partial charge in [-0.3, -0.25) is 4.79 Å². The van der Waals surface area contributed by atoms with E-state index in [-0.39, 0.29) is 18.3 Å². The highest BCUT2D eigenvalue weighted by Crippen LogP contribution is 2.31. The van der Waals surface area contributed by atoms with Crippen molar-refractivity contribution in [3.05, 3.63) is 53.6 Å². The molecule has 3 aromatic rings. The van der Waals surface area contributed by atoms with Gasteiger partial charge < -0.3 is 14.8 Å². The maximum Gasteiger partial charge on any atom is 0.416 e. The zero-order valence-corrected chi connectivity index (χ0v) is 13.7. The van der Waals surface area contributed by atoms with E-state index in [1.165, 1.54) is 18.2 Å². The molecular weight excluding hydrogens is 349 g/mol. The molecule has 26 heavy (non-hydrogen) atoms. The molecule has 0 saturated carbocycles. The quantitative estimate of drug-likeness (QED) is 0.741. The van der Waals surface area contributed by atoms with Gasteiger partial charge in [0.25, 0.3) is 5.91 Å². The van der Waals surface area contributed by atoms with Gasteiger partial charge in [0.15, 0.2) is 5.58 Å². The van der Waals surface area contributed by atoms with Crippen molar-refractivity contribution in [1.82, 2.24) is 10.3 Å². The summed E-state index contributed by atoms with van der Waals surface area (Å²) in [7, 11) is 0. The first kappa shape index (κ1) is 17.9. The number of nitrogens with one attached hydrogen (secondary N) is 1. The number of fused-ring (bicyclic) bond motifs is 1. The van der Waals surface area contributed by atoms with Gasteiger partial charge in [0.05, 0.1) is 11.7 Å². The Labute approximate surface area is 146 Å². The number of oxazole rings is 1. The third-order valence-electron chi connectivity index (χ3n) is 3.67. The lowest BCUT2D eigenvalue weighted by Gasteiger charge is -2.06. The summed E-state index contributed by atoms with van der Waals surface area (Å²) in [5.74, 6) is -0.206. The number of nitrogens with zero attached hydrogens (tertiary/aromatic N) is 1. The molecule has 3 rings (SSSR count). The highest BCUT2D eigenvalue weighted by molar-refractivity contribution is 5.97. The first-order valence-electron chi connectivity index (χ1n) is 7.78. The van der Waals surface area contributed by atoms with E-state index in [0.29, 0.717) is 22.2 Å². The maximum absolute atomic E-state index is 12.6. The molecule has 1 atom stereocenters. The van der Waals surface area contributed by atoms with Crippen LogP contribution in [0.5, 0.6) is 0 Å².